The van der Waals surface area contributed by atoms with E-state index in [9.17, 15) is 8.42 Å². The van der Waals surface area contributed by atoms with Crippen LogP contribution in [0.3, 0.4) is 0 Å². The summed E-state index contributed by atoms with van der Waals surface area (Å²) >= 11 is 0. The topological polar surface area (TPSA) is 84.9 Å². The fourth-order valence-electron chi connectivity index (χ4n) is 1.33. The fraction of sp³-hybridized carbons (Fsp3) is 0.182. The molecule has 0 aliphatic rings. The second kappa shape index (κ2) is 7.91. The number of nitrogens with one attached hydrogen (secondary N) is 1. The zero-order chi connectivity index (χ0) is 12.9. The van der Waals surface area contributed by atoms with Gasteiger partial charge >= 0.3 is 0 Å². The van der Waals surface area contributed by atoms with Gasteiger partial charge in [0.2, 0.25) is 0 Å². The number of pyridine rings is 1. The number of hydrogen-bond donors (Lipinski definition) is 0. The minimum absolute atomic E-state index is 0. The molecule has 0 aliphatic carbocycles. The van der Waals surface area contributed by atoms with Gasteiger partial charge < -0.3 is 10.5 Å². The van der Waals surface area contributed by atoms with Crippen molar-refractivity contribution in [3.05, 3.63) is 47.1 Å². The van der Waals surface area contributed by atoms with Crippen molar-refractivity contribution in [1.82, 2.24) is 4.98 Å². The van der Waals surface area contributed by atoms with Crippen LogP contribution in [0.2, 0.25) is 0 Å². The summed E-state index contributed by atoms with van der Waals surface area (Å²) in [6.45, 7) is 0. The van der Waals surface area contributed by atoms with E-state index >= 15 is 0 Å². The van der Waals surface area contributed by atoms with Crippen molar-refractivity contribution in [3.8, 4) is 0 Å². The van der Waals surface area contributed by atoms with E-state index in [-0.39, 0.29) is 37.6 Å². The van der Waals surface area contributed by atoms with Crippen molar-refractivity contribution in [2.24, 2.45) is 0 Å². The predicted molar refractivity (Wildman–Crippen MR) is 68.5 cm³/mol. The molecule has 0 saturated heterocycles. The van der Waals surface area contributed by atoms with Crippen LogP contribution in [0.4, 0.5) is 0 Å². The monoisotopic (exact) mass is 340 g/mol. The Balaban J connectivity index is 0.000000660. The molecule has 95 valence electrons. The molecule has 2 rings (SSSR count). The van der Waals surface area contributed by atoms with Crippen molar-refractivity contribution in [2.45, 2.75) is 4.90 Å². The molecule has 0 atom stereocenters. The molecule has 0 spiro atoms. The third-order valence-electron chi connectivity index (χ3n) is 1.93. The standard InChI is InChI=1S/C9H7N2O2S.C2H6N.Y/c10-14(12,13)9-3-1-2-7-6-11-5-4-8(7)9;1-3-2;/h1-6H,(H-,10,12,13);1-2H3;/q2*-1;. The van der Waals surface area contributed by atoms with E-state index in [4.69, 9.17) is 5.14 Å². The predicted octanol–water partition coefficient (Wildman–Crippen LogP) is 2.59. The second-order valence-electron chi connectivity index (χ2n) is 3.30. The molecule has 1 heterocycles. The maximum atomic E-state index is 11.1. The number of fused-ring (bicyclic) bond motifs is 1. The first kappa shape index (κ1) is 17.6. The summed E-state index contributed by atoms with van der Waals surface area (Å²) in [7, 11) is -0.407. The number of nitrogens with zero attached hydrogens (tertiary/aromatic N) is 2. The largest absolute Gasteiger partial charge is 0.668 e. The first-order valence-electron chi connectivity index (χ1n) is 4.81. The number of benzene rings is 1. The molecule has 0 bridgehead atoms. The van der Waals surface area contributed by atoms with Gasteiger partial charge in [-0.25, -0.2) is 8.42 Å². The van der Waals surface area contributed by atoms with E-state index in [1.54, 1.807) is 38.5 Å². The van der Waals surface area contributed by atoms with Gasteiger partial charge in [0, 0.05) is 55.9 Å². The van der Waals surface area contributed by atoms with Gasteiger partial charge in [-0.3, -0.25) is 4.98 Å². The Bertz CT molecular complexity index is 597. The Kier molecular flexibility index (Phi) is 7.74. The molecule has 1 aromatic carbocycles. The molecular weight excluding hydrogens is 327 g/mol. The van der Waals surface area contributed by atoms with E-state index in [1.807, 2.05) is 0 Å². The molecule has 0 aliphatic heterocycles. The van der Waals surface area contributed by atoms with Crippen molar-refractivity contribution < 1.29 is 41.1 Å². The van der Waals surface area contributed by atoms with Gasteiger partial charge in [-0.2, -0.15) is 14.1 Å². The minimum Gasteiger partial charge on any atom is -0.668 e. The number of aromatic nitrogens is 1. The maximum absolute atomic E-state index is 11.1. The summed E-state index contributed by atoms with van der Waals surface area (Å²) in [6.07, 6.45) is 3.08. The van der Waals surface area contributed by atoms with Crippen molar-refractivity contribution in [3.63, 3.8) is 0 Å². The average Bonchev–Trinajstić information content (AvgIpc) is 2.28. The minimum atomic E-state index is -3.91. The molecule has 0 amide bonds. The summed E-state index contributed by atoms with van der Waals surface area (Å²) in [5, 5.41) is 11.8. The van der Waals surface area contributed by atoms with E-state index in [0.717, 1.165) is 5.39 Å². The SMILES string of the molecule is C[N-]C.[NH-]S(=O)(=O)c1cccc2cnccc12.[Y]. The smallest absolute Gasteiger partial charge is 0.0993 e. The van der Waals surface area contributed by atoms with Gasteiger partial charge in [-0.1, -0.05) is 12.1 Å². The Morgan fingerprint density at radius 2 is 1.83 bits per heavy atom. The van der Waals surface area contributed by atoms with Crippen LogP contribution in [-0.2, 0) is 42.7 Å². The van der Waals surface area contributed by atoms with Gasteiger partial charge in [0.25, 0.3) is 0 Å². The Morgan fingerprint density at radius 3 is 2.39 bits per heavy atom. The van der Waals surface area contributed by atoms with E-state index in [1.165, 1.54) is 12.3 Å². The van der Waals surface area contributed by atoms with Crippen LogP contribution in [-0.4, -0.2) is 27.5 Å². The molecule has 1 aromatic heterocycles. The number of rotatable bonds is 1. The summed E-state index contributed by atoms with van der Waals surface area (Å²) in [5.41, 5.74) is 0. The van der Waals surface area contributed by atoms with Crippen LogP contribution in [0.1, 0.15) is 0 Å². The normalized spacial score (nSPS) is 10.2. The fourth-order valence-corrected chi connectivity index (χ4v) is 2.06. The van der Waals surface area contributed by atoms with E-state index in [2.05, 4.69) is 10.3 Å². The number of sulfonamides is 1. The Morgan fingerprint density at radius 1 is 1.22 bits per heavy atom. The quantitative estimate of drug-likeness (QED) is 0.800. The molecule has 1 N–H and O–H groups in total. The van der Waals surface area contributed by atoms with Crippen molar-refractivity contribution in [1.29, 1.82) is 0 Å². The molecule has 0 fully saturated rings. The Hall–Kier alpha value is -0.396. The molecule has 2 aromatic rings. The second-order valence-corrected chi connectivity index (χ2v) is 4.75. The van der Waals surface area contributed by atoms with Crippen LogP contribution in [0, 0.1) is 0 Å². The first-order valence-corrected chi connectivity index (χ1v) is 6.29. The van der Waals surface area contributed by atoms with Gasteiger partial charge in [0.1, 0.15) is 0 Å². The maximum Gasteiger partial charge on any atom is 0.0993 e. The van der Waals surface area contributed by atoms with Gasteiger partial charge in [0.05, 0.1) is 14.9 Å². The molecule has 18 heavy (non-hydrogen) atoms. The van der Waals surface area contributed by atoms with Crippen LogP contribution in [0.5, 0.6) is 0 Å². The molecule has 5 nitrogen and oxygen atoms in total. The van der Waals surface area contributed by atoms with Crippen LogP contribution in [0.15, 0.2) is 41.6 Å². The van der Waals surface area contributed by atoms with Crippen LogP contribution in [0.25, 0.3) is 21.2 Å². The summed E-state index contributed by atoms with van der Waals surface area (Å²) in [6, 6.07) is 6.38. The third kappa shape index (κ3) is 4.70. The number of hydrogen-bond acceptors (Lipinski definition) is 3. The zero-order valence-electron chi connectivity index (χ0n) is 10.2. The van der Waals surface area contributed by atoms with Gasteiger partial charge in [0.15, 0.2) is 0 Å². The zero-order valence-corrected chi connectivity index (χ0v) is 13.8. The van der Waals surface area contributed by atoms with Crippen LogP contribution >= 0.6 is 0 Å². The van der Waals surface area contributed by atoms with E-state index < -0.39 is 10.0 Å². The third-order valence-corrected chi connectivity index (χ3v) is 2.87. The van der Waals surface area contributed by atoms with E-state index in [0.29, 0.717) is 5.39 Å². The summed E-state index contributed by atoms with van der Waals surface area (Å²) in [5.74, 6) is 0. The van der Waals surface area contributed by atoms with Gasteiger partial charge in [-0.05, 0) is 12.1 Å². The van der Waals surface area contributed by atoms with Crippen LogP contribution < -0.4 is 0 Å². The van der Waals surface area contributed by atoms with Crippen molar-refractivity contribution in [2.75, 3.05) is 14.1 Å². The molecular formula is C11H13N3O2SY-2. The average molecular weight is 340 g/mol. The Labute approximate surface area is 132 Å². The summed E-state index contributed by atoms with van der Waals surface area (Å²) in [4.78, 5) is 3.91. The first-order chi connectivity index (χ1) is 8.00. The molecule has 0 saturated carbocycles. The van der Waals surface area contributed by atoms with Crippen molar-refractivity contribution >= 4 is 20.8 Å². The van der Waals surface area contributed by atoms with Gasteiger partial charge in [-0.15, -0.1) is 0 Å². The molecule has 0 unspecified atom stereocenters. The summed E-state index contributed by atoms with van der Waals surface area (Å²) < 4.78 is 22.2. The molecule has 1 radical (unpaired) electrons. The molecule has 7 heteroatoms.